The smallest absolute Gasteiger partial charge is 0.289 e. The van der Waals surface area contributed by atoms with E-state index in [9.17, 15) is 4.79 Å². The van der Waals surface area contributed by atoms with E-state index >= 15 is 0 Å². The van der Waals surface area contributed by atoms with Crippen LogP contribution < -0.4 is 0 Å². The molecule has 1 aliphatic rings. The Morgan fingerprint density at radius 2 is 2.32 bits per heavy atom. The molecule has 2 atom stereocenters. The SMILES string of the molecule is CCc1oc(C(=O)N2C[C@H](CO)OC[C@H]2C)cc1C. The summed E-state index contributed by atoms with van der Waals surface area (Å²) in [6.07, 6.45) is 0.471. The molecule has 1 fully saturated rings. The number of aliphatic hydroxyl groups is 1. The standard InChI is InChI=1S/C14H21NO4/c1-4-12-9(2)5-13(19-12)14(17)15-6-11(7-16)18-8-10(15)3/h5,10-11,16H,4,6-8H2,1-3H3/t10-,11-/m1/s1. The molecule has 0 radical (unpaired) electrons. The van der Waals surface area contributed by atoms with Crippen molar-refractivity contribution in [3.05, 3.63) is 23.2 Å². The molecular weight excluding hydrogens is 246 g/mol. The molecule has 1 aromatic rings. The average Bonchev–Trinajstić information content (AvgIpc) is 2.80. The van der Waals surface area contributed by atoms with E-state index in [0.29, 0.717) is 18.9 Å². The number of hydrogen-bond acceptors (Lipinski definition) is 4. The van der Waals surface area contributed by atoms with E-state index < -0.39 is 0 Å². The number of ether oxygens (including phenoxy) is 1. The van der Waals surface area contributed by atoms with Gasteiger partial charge in [-0.15, -0.1) is 0 Å². The van der Waals surface area contributed by atoms with Crippen molar-refractivity contribution < 1.29 is 19.1 Å². The van der Waals surface area contributed by atoms with Crippen LogP contribution in [0, 0.1) is 6.92 Å². The Hall–Kier alpha value is -1.33. The lowest BCUT2D eigenvalue weighted by atomic mass is 10.1. The van der Waals surface area contributed by atoms with Crippen LogP contribution in [0.5, 0.6) is 0 Å². The maximum atomic E-state index is 12.4. The van der Waals surface area contributed by atoms with Gasteiger partial charge in [0.2, 0.25) is 0 Å². The average molecular weight is 267 g/mol. The molecule has 0 spiro atoms. The summed E-state index contributed by atoms with van der Waals surface area (Å²) in [7, 11) is 0. The van der Waals surface area contributed by atoms with Crippen LogP contribution in [-0.2, 0) is 11.2 Å². The zero-order valence-corrected chi connectivity index (χ0v) is 11.7. The van der Waals surface area contributed by atoms with Crippen LogP contribution in [0.15, 0.2) is 10.5 Å². The van der Waals surface area contributed by atoms with Crippen LogP contribution in [0.4, 0.5) is 0 Å². The molecule has 0 unspecified atom stereocenters. The number of aryl methyl sites for hydroxylation is 2. The van der Waals surface area contributed by atoms with E-state index in [1.807, 2.05) is 20.8 Å². The first-order valence-corrected chi connectivity index (χ1v) is 6.69. The lowest BCUT2D eigenvalue weighted by Crippen LogP contribution is -2.51. The van der Waals surface area contributed by atoms with Gasteiger partial charge in [0.25, 0.3) is 5.91 Å². The Labute approximate surface area is 113 Å². The van der Waals surface area contributed by atoms with Crippen LogP contribution in [0.2, 0.25) is 0 Å². The highest BCUT2D eigenvalue weighted by atomic mass is 16.5. The zero-order chi connectivity index (χ0) is 14.0. The van der Waals surface area contributed by atoms with Gasteiger partial charge in [0.1, 0.15) is 5.76 Å². The first-order valence-electron chi connectivity index (χ1n) is 6.69. The maximum absolute atomic E-state index is 12.4. The topological polar surface area (TPSA) is 62.9 Å². The largest absolute Gasteiger partial charge is 0.456 e. The van der Waals surface area contributed by atoms with Crippen LogP contribution in [0.1, 0.15) is 35.7 Å². The van der Waals surface area contributed by atoms with Gasteiger partial charge in [-0.05, 0) is 25.5 Å². The summed E-state index contributed by atoms with van der Waals surface area (Å²) >= 11 is 0. The minimum atomic E-state index is -0.304. The number of furan rings is 1. The van der Waals surface area contributed by atoms with E-state index in [-0.39, 0.29) is 24.7 Å². The summed E-state index contributed by atoms with van der Waals surface area (Å²) in [5, 5.41) is 9.15. The molecule has 0 aliphatic carbocycles. The second-order valence-electron chi connectivity index (χ2n) is 5.01. The zero-order valence-electron chi connectivity index (χ0n) is 11.7. The highest BCUT2D eigenvalue weighted by Crippen LogP contribution is 2.20. The minimum absolute atomic E-state index is 0.00853. The Morgan fingerprint density at radius 1 is 1.58 bits per heavy atom. The van der Waals surface area contributed by atoms with Crippen LogP contribution in [0.3, 0.4) is 0 Å². The number of amides is 1. The van der Waals surface area contributed by atoms with Gasteiger partial charge < -0.3 is 19.2 Å². The van der Waals surface area contributed by atoms with Crippen molar-refractivity contribution in [3.63, 3.8) is 0 Å². The van der Waals surface area contributed by atoms with Gasteiger partial charge in [-0.25, -0.2) is 0 Å². The molecule has 2 rings (SSSR count). The Morgan fingerprint density at radius 3 is 2.89 bits per heavy atom. The number of carbonyl (C=O) groups is 1. The van der Waals surface area contributed by atoms with Crippen molar-refractivity contribution in [3.8, 4) is 0 Å². The molecular formula is C14H21NO4. The van der Waals surface area contributed by atoms with Crippen LogP contribution >= 0.6 is 0 Å². The molecule has 1 saturated heterocycles. The monoisotopic (exact) mass is 267 g/mol. The summed E-state index contributed by atoms with van der Waals surface area (Å²) in [5.41, 5.74) is 1.01. The van der Waals surface area contributed by atoms with E-state index in [1.165, 1.54) is 0 Å². The van der Waals surface area contributed by atoms with Gasteiger partial charge in [-0.1, -0.05) is 6.92 Å². The molecule has 2 heterocycles. The second kappa shape index (κ2) is 5.75. The molecule has 1 aliphatic heterocycles. The lowest BCUT2D eigenvalue weighted by molar-refractivity contribution is -0.0674. The lowest BCUT2D eigenvalue weighted by Gasteiger charge is -2.36. The third-order valence-electron chi connectivity index (χ3n) is 3.52. The summed E-state index contributed by atoms with van der Waals surface area (Å²) in [6, 6.07) is 1.78. The number of aliphatic hydroxyl groups excluding tert-OH is 1. The minimum Gasteiger partial charge on any atom is -0.456 e. The van der Waals surface area contributed by atoms with Gasteiger partial charge >= 0.3 is 0 Å². The highest BCUT2D eigenvalue weighted by Gasteiger charge is 2.31. The Kier molecular flexibility index (Phi) is 4.27. The molecule has 106 valence electrons. The normalized spacial score (nSPS) is 23.7. The number of nitrogens with zero attached hydrogens (tertiary/aromatic N) is 1. The summed E-state index contributed by atoms with van der Waals surface area (Å²) in [6.45, 7) is 6.64. The van der Waals surface area contributed by atoms with Crippen LogP contribution in [0.25, 0.3) is 0 Å². The number of carbonyl (C=O) groups excluding carboxylic acids is 1. The van der Waals surface area contributed by atoms with Crippen molar-refractivity contribution in [2.45, 2.75) is 39.3 Å². The molecule has 0 bridgehead atoms. The number of rotatable bonds is 3. The first-order chi connectivity index (χ1) is 9.06. The van der Waals surface area contributed by atoms with Crippen molar-refractivity contribution in [2.75, 3.05) is 19.8 Å². The molecule has 1 amide bonds. The molecule has 5 nitrogen and oxygen atoms in total. The van der Waals surface area contributed by atoms with E-state index in [2.05, 4.69) is 0 Å². The van der Waals surface area contributed by atoms with Crippen molar-refractivity contribution >= 4 is 5.91 Å². The predicted octanol–water partition coefficient (Wildman–Crippen LogP) is 1.37. The molecule has 5 heteroatoms. The molecule has 0 aromatic carbocycles. The molecule has 19 heavy (non-hydrogen) atoms. The fourth-order valence-corrected chi connectivity index (χ4v) is 2.33. The number of hydrogen-bond donors (Lipinski definition) is 1. The van der Waals surface area contributed by atoms with Crippen molar-refractivity contribution in [1.29, 1.82) is 0 Å². The third kappa shape index (κ3) is 2.82. The van der Waals surface area contributed by atoms with Gasteiger partial charge in [0.15, 0.2) is 5.76 Å². The van der Waals surface area contributed by atoms with Gasteiger partial charge in [-0.2, -0.15) is 0 Å². The quantitative estimate of drug-likeness (QED) is 0.898. The maximum Gasteiger partial charge on any atom is 0.289 e. The van der Waals surface area contributed by atoms with Crippen molar-refractivity contribution in [2.24, 2.45) is 0 Å². The summed E-state index contributed by atoms with van der Waals surface area (Å²) in [5.74, 6) is 1.10. The predicted molar refractivity (Wildman–Crippen MR) is 70.1 cm³/mol. The fourth-order valence-electron chi connectivity index (χ4n) is 2.33. The Balaban J connectivity index is 2.17. The third-order valence-corrected chi connectivity index (χ3v) is 3.52. The molecule has 0 saturated carbocycles. The fraction of sp³-hybridized carbons (Fsp3) is 0.643. The van der Waals surface area contributed by atoms with E-state index in [0.717, 1.165) is 17.7 Å². The van der Waals surface area contributed by atoms with Crippen LogP contribution in [-0.4, -0.2) is 47.8 Å². The number of morpholine rings is 1. The summed E-state index contributed by atoms with van der Waals surface area (Å²) in [4.78, 5) is 14.2. The highest BCUT2D eigenvalue weighted by molar-refractivity contribution is 5.92. The van der Waals surface area contributed by atoms with E-state index in [4.69, 9.17) is 14.3 Å². The van der Waals surface area contributed by atoms with Crippen molar-refractivity contribution in [1.82, 2.24) is 4.90 Å². The first kappa shape index (κ1) is 14.1. The molecule has 1 aromatic heterocycles. The van der Waals surface area contributed by atoms with Gasteiger partial charge in [-0.3, -0.25) is 4.79 Å². The van der Waals surface area contributed by atoms with Gasteiger partial charge in [0, 0.05) is 13.0 Å². The van der Waals surface area contributed by atoms with Gasteiger partial charge in [0.05, 0.1) is 25.4 Å². The Bertz CT molecular complexity index is 454. The molecule has 1 N–H and O–H groups in total. The second-order valence-corrected chi connectivity index (χ2v) is 5.01. The van der Waals surface area contributed by atoms with E-state index in [1.54, 1.807) is 11.0 Å². The summed E-state index contributed by atoms with van der Waals surface area (Å²) < 4.78 is 11.0.